The molecule has 0 heterocycles. The number of rotatable bonds is 4. The summed E-state index contributed by atoms with van der Waals surface area (Å²) in [6.45, 7) is 1.56. The zero-order valence-electron chi connectivity index (χ0n) is 9.99. The molecule has 0 bridgehead atoms. The van der Waals surface area contributed by atoms with E-state index < -0.39 is 29.5 Å². The number of nitrogens with zero attached hydrogens (tertiary/aromatic N) is 1. The Balaban J connectivity index is 3.21. The fraction of sp³-hybridized carbons (Fsp3) is 0.333. The van der Waals surface area contributed by atoms with Gasteiger partial charge < -0.3 is 10.5 Å². The molecule has 1 unspecified atom stereocenters. The van der Waals surface area contributed by atoms with Crippen molar-refractivity contribution < 1.29 is 22.7 Å². The molecule has 1 aromatic rings. The van der Waals surface area contributed by atoms with Crippen molar-refractivity contribution in [3.63, 3.8) is 0 Å². The van der Waals surface area contributed by atoms with Gasteiger partial charge in [-0.25, -0.2) is 0 Å². The molecule has 0 radical (unpaired) electrons. The first-order valence-electron chi connectivity index (χ1n) is 5.37. The molecule has 4 nitrogen and oxygen atoms in total. The van der Waals surface area contributed by atoms with Gasteiger partial charge in [-0.3, -0.25) is 4.79 Å². The standard InChI is InChI=1S/C12H11F3N2O2/c1-2-9(11(17)18)19-10-4-3-7(6-16)5-8(10)12(13,14)15/h3-5,9H,2H2,1H3,(H2,17,18). The third-order valence-corrected chi connectivity index (χ3v) is 2.37. The molecule has 1 atom stereocenters. The van der Waals surface area contributed by atoms with Gasteiger partial charge in [0, 0.05) is 0 Å². The second kappa shape index (κ2) is 5.61. The molecule has 0 saturated carbocycles. The van der Waals surface area contributed by atoms with Crippen LogP contribution in [0.3, 0.4) is 0 Å². The number of halogens is 3. The van der Waals surface area contributed by atoms with Crippen LogP contribution in [0.5, 0.6) is 5.75 Å². The van der Waals surface area contributed by atoms with Crippen LogP contribution < -0.4 is 10.5 Å². The van der Waals surface area contributed by atoms with E-state index in [1.54, 1.807) is 13.0 Å². The highest BCUT2D eigenvalue weighted by molar-refractivity contribution is 5.79. The minimum atomic E-state index is -4.68. The van der Waals surface area contributed by atoms with Crippen LogP contribution >= 0.6 is 0 Å². The van der Waals surface area contributed by atoms with E-state index in [4.69, 9.17) is 15.7 Å². The van der Waals surface area contributed by atoms with Gasteiger partial charge in [0.25, 0.3) is 5.91 Å². The van der Waals surface area contributed by atoms with Crippen LogP contribution in [0.1, 0.15) is 24.5 Å². The predicted octanol–water partition coefficient (Wildman–Crippen LogP) is 2.22. The Labute approximate surface area is 107 Å². The quantitative estimate of drug-likeness (QED) is 0.913. The molecular weight excluding hydrogens is 261 g/mol. The van der Waals surface area contributed by atoms with Crippen molar-refractivity contribution in [3.05, 3.63) is 29.3 Å². The molecule has 0 aliphatic carbocycles. The fourth-order valence-electron chi connectivity index (χ4n) is 1.42. The molecule has 0 fully saturated rings. The molecule has 1 amide bonds. The predicted molar refractivity (Wildman–Crippen MR) is 60.1 cm³/mol. The van der Waals surface area contributed by atoms with E-state index in [2.05, 4.69) is 0 Å². The van der Waals surface area contributed by atoms with Crippen molar-refractivity contribution in [3.8, 4) is 11.8 Å². The Morgan fingerprint density at radius 3 is 2.58 bits per heavy atom. The highest BCUT2D eigenvalue weighted by Gasteiger charge is 2.35. The Bertz CT molecular complexity index is 521. The number of hydrogen-bond donors (Lipinski definition) is 1. The maximum absolute atomic E-state index is 12.8. The van der Waals surface area contributed by atoms with Gasteiger partial charge in [0.2, 0.25) is 0 Å². The normalized spacial score (nSPS) is 12.6. The molecule has 0 spiro atoms. The summed E-state index contributed by atoms with van der Waals surface area (Å²) < 4.78 is 43.4. The zero-order valence-corrected chi connectivity index (χ0v) is 9.99. The summed E-state index contributed by atoms with van der Waals surface area (Å²) in [6.07, 6.45) is -5.68. The third kappa shape index (κ3) is 3.61. The van der Waals surface area contributed by atoms with Crippen LogP contribution in [0.4, 0.5) is 13.2 Å². The van der Waals surface area contributed by atoms with Crippen molar-refractivity contribution in [1.29, 1.82) is 5.26 Å². The van der Waals surface area contributed by atoms with E-state index >= 15 is 0 Å². The van der Waals surface area contributed by atoms with Crippen molar-refractivity contribution in [2.75, 3.05) is 0 Å². The Hall–Kier alpha value is -2.23. The molecule has 1 aromatic carbocycles. The third-order valence-electron chi connectivity index (χ3n) is 2.37. The lowest BCUT2D eigenvalue weighted by atomic mass is 10.1. The molecule has 102 valence electrons. The number of carbonyl (C=O) groups is 1. The first kappa shape index (κ1) is 14.8. The second-order valence-electron chi connectivity index (χ2n) is 3.74. The lowest BCUT2D eigenvalue weighted by Crippen LogP contribution is -2.33. The molecule has 19 heavy (non-hydrogen) atoms. The van der Waals surface area contributed by atoms with Gasteiger partial charge >= 0.3 is 6.18 Å². The van der Waals surface area contributed by atoms with E-state index in [1.807, 2.05) is 0 Å². The van der Waals surface area contributed by atoms with Crippen LogP contribution in [0.25, 0.3) is 0 Å². The largest absolute Gasteiger partial charge is 0.480 e. The smallest absolute Gasteiger partial charge is 0.420 e. The number of primary amides is 1. The topological polar surface area (TPSA) is 76.1 Å². The lowest BCUT2D eigenvalue weighted by molar-refractivity contribution is -0.140. The summed E-state index contributed by atoms with van der Waals surface area (Å²) in [5, 5.41) is 8.60. The van der Waals surface area contributed by atoms with Crippen LogP contribution in [0, 0.1) is 11.3 Å². The highest BCUT2D eigenvalue weighted by atomic mass is 19.4. The number of hydrogen-bond acceptors (Lipinski definition) is 3. The minimum Gasteiger partial charge on any atom is -0.480 e. The molecular formula is C12H11F3N2O2. The Kier molecular flexibility index (Phi) is 4.38. The molecule has 7 heteroatoms. The molecule has 0 aromatic heterocycles. The number of nitrogens with two attached hydrogens (primary N) is 1. The summed E-state index contributed by atoms with van der Waals surface area (Å²) in [5.41, 5.74) is 3.76. The van der Waals surface area contributed by atoms with Crippen LogP contribution in [0.15, 0.2) is 18.2 Å². The average Bonchev–Trinajstić information content (AvgIpc) is 2.34. The Morgan fingerprint density at radius 1 is 1.53 bits per heavy atom. The van der Waals surface area contributed by atoms with Gasteiger partial charge in [-0.2, -0.15) is 18.4 Å². The zero-order chi connectivity index (χ0) is 14.6. The molecule has 0 aliphatic rings. The first-order valence-corrected chi connectivity index (χ1v) is 5.37. The maximum Gasteiger partial charge on any atom is 0.420 e. The number of ether oxygens (including phenoxy) is 1. The van der Waals surface area contributed by atoms with Crippen molar-refractivity contribution in [2.45, 2.75) is 25.6 Å². The molecule has 0 aliphatic heterocycles. The van der Waals surface area contributed by atoms with E-state index in [0.717, 1.165) is 6.07 Å². The molecule has 1 rings (SSSR count). The average molecular weight is 272 g/mol. The summed E-state index contributed by atoms with van der Waals surface area (Å²) in [5.74, 6) is -1.36. The van der Waals surface area contributed by atoms with Crippen molar-refractivity contribution in [2.24, 2.45) is 5.73 Å². The van der Waals surface area contributed by atoms with Crippen LogP contribution in [-0.4, -0.2) is 12.0 Å². The Morgan fingerprint density at radius 2 is 2.16 bits per heavy atom. The van der Waals surface area contributed by atoms with Crippen LogP contribution in [0.2, 0.25) is 0 Å². The number of amides is 1. The fourth-order valence-corrected chi connectivity index (χ4v) is 1.42. The van der Waals surface area contributed by atoms with Crippen molar-refractivity contribution in [1.82, 2.24) is 0 Å². The van der Waals surface area contributed by atoms with E-state index in [9.17, 15) is 18.0 Å². The van der Waals surface area contributed by atoms with Gasteiger partial charge in [0.15, 0.2) is 6.10 Å². The van der Waals surface area contributed by atoms with Gasteiger partial charge in [-0.1, -0.05) is 6.92 Å². The van der Waals surface area contributed by atoms with Crippen LogP contribution in [-0.2, 0) is 11.0 Å². The first-order chi connectivity index (χ1) is 8.79. The number of benzene rings is 1. The summed E-state index contributed by atoms with van der Waals surface area (Å²) in [6, 6.07) is 4.47. The van der Waals surface area contributed by atoms with Gasteiger partial charge in [0.1, 0.15) is 5.75 Å². The summed E-state index contributed by atoms with van der Waals surface area (Å²) in [4.78, 5) is 11.0. The van der Waals surface area contributed by atoms with Gasteiger partial charge in [0.05, 0.1) is 17.2 Å². The maximum atomic E-state index is 12.8. The van der Waals surface area contributed by atoms with Crippen molar-refractivity contribution >= 4 is 5.91 Å². The molecule has 2 N–H and O–H groups in total. The van der Waals surface area contributed by atoms with E-state index in [0.29, 0.717) is 6.07 Å². The SMILES string of the molecule is CCC(Oc1ccc(C#N)cc1C(F)(F)F)C(N)=O. The second-order valence-corrected chi connectivity index (χ2v) is 3.74. The van der Waals surface area contributed by atoms with E-state index in [-0.39, 0.29) is 12.0 Å². The lowest BCUT2D eigenvalue weighted by Gasteiger charge is -2.18. The number of alkyl halides is 3. The van der Waals surface area contributed by atoms with E-state index in [1.165, 1.54) is 6.07 Å². The highest BCUT2D eigenvalue weighted by Crippen LogP contribution is 2.37. The summed E-state index contributed by atoms with van der Waals surface area (Å²) >= 11 is 0. The number of carbonyl (C=O) groups excluding carboxylic acids is 1. The summed E-state index contributed by atoms with van der Waals surface area (Å²) in [7, 11) is 0. The number of nitriles is 1. The molecule has 0 saturated heterocycles. The van der Waals surface area contributed by atoms with Gasteiger partial charge in [-0.15, -0.1) is 0 Å². The van der Waals surface area contributed by atoms with Gasteiger partial charge in [-0.05, 0) is 24.6 Å². The monoisotopic (exact) mass is 272 g/mol. The minimum absolute atomic E-state index is 0.145.